The summed E-state index contributed by atoms with van der Waals surface area (Å²) in [6, 6.07) is 9.90. The number of hydrogen-bond donors (Lipinski definition) is 1. The van der Waals surface area contributed by atoms with Crippen LogP contribution in [0.15, 0.2) is 24.3 Å². The molecule has 0 bridgehead atoms. The van der Waals surface area contributed by atoms with E-state index in [1.165, 1.54) is 56.1 Å². The summed E-state index contributed by atoms with van der Waals surface area (Å²) in [5.41, 5.74) is 3.02. The van der Waals surface area contributed by atoms with E-state index in [0.717, 1.165) is 18.4 Å². The molecule has 1 aliphatic carbocycles. The van der Waals surface area contributed by atoms with E-state index in [4.69, 9.17) is 0 Å². The highest BCUT2D eigenvalue weighted by molar-refractivity contribution is 5.27. The summed E-state index contributed by atoms with van der Waals surface area (Å²) in [5.74, 6) is 1.75. The first-order valence-corrected chi connectivity index (χ1v) is 9.06. The molecule has 1 nitrogen and oxygen atoms in total. The minimum absolute atomic E-state index is 0.564. The molecule has 118 valence electrons. The van der Waals surface area contributed by atoms with Crippen LogP contribution in [0.1, 0.15) is 76.5 Å². The zero-order valence-corrected chi connectivity index (χ0v) is 14.2. The van der Waals surface area contributed by atoms with Gasteiger partial charge in [-0.15, -0.1) is 0 Å². The Morgan fingerprint density at radius 2 is 1.86 bits per heavy atom. The molecule has 1 heteroatoms. The minimum atomic E-state index is 0.564. The van der Waals surface area contributed by atoms with Crippen LogP contribution in [-0.4, -0.2) is 6.54 Å². The summed E-state index contributed by atoms with van der Waals surface area (Å²) >= 11 is 0. The van der Waals surface area contributed by atoms with Gasteiger partial charge in [-0.05, 0) is 55.2 Å². The highest BCUT2D eigenvalue weighted by Gasteiger charge is 2.26. The van der Waals surface area contributed by atoms with Gasteiger partial charge >= 0.3 is 0 Å². The van der Waals surface area contributed by atoms with Crippen molar-refractivity contribution in [3.8, 4) is 0 Å². The lowest BCUT2D eigenvalue weighted by atomic mass is 9.77. The summed E-state index contributed by atoms with van der Waals surface area (Å²) in [4.78, 5) is 0. The second kappa shape index (κ2) is 8.58. The van der Waals surface area contributed by atoms with E-state index in [9.17, 15) is 0 Å². The number of nitrogens with one attached hydrogen (secondary N) is 1. The highest BCUT2D eigenvalue weighted by atomic mass is 14.9. The fourth-order valence-corrected chi connectivity index (χ4v) is 3.71. The van der Waals surface area contributed by atoms with E-state index in [0.29, 0.717) is 6.04 Å². The van der Waals surface area contributed by atoms with Crippen molar-refractivity contribution in [1.82, 2.24) is 5.32 Å². The van der Waals surface area contributed by atoms with Crippen LogP contribution >= 0.6 is 0 Å². The lowest BCUT2D eigenvalue weighted by molar-refractivity contribution is 0.231. The normalized spacial score (nSPS) is 24.0. The maximum atomic E-state index is 3.84. The van der Waals surface area contributed by atoms with Gasteiger partial charge in [-0.2, -0.15) is 0 Å². The molecule has 0 heterocycles. The van der Waals surface area contributed by atoms with Crippen LogP contribution in [0.2, 0.25) is 0 Å². The number of hydrogen-bond acceptors (Lipinski definition) is 1. The van der Waals surface area contributed by atoms with E-state index < -0.39 is 0 Å². The Hall–Kier alpha value is -0.820. The lowest BCUT2D eigenvalue weighted by Crippen LogP contribution is -2.31. The van der Waals surface area contributed by atoms with Crippen molar-refractivity contribution in [2.75, 3.05) is 6.54 Å². The molecule has 1 fully saturated rings. The van der Waals surface area contributed by atoms with Gasteiger partial charge < -0.3 is 5.32 Å². The Balaban J connectivity index is 2.12. The minimum Gasteiger partial charge on any atom is -0.310 e. The summed E-state index contributed by atoms with van der Waals surface area (Å²) in [7, 11) is 0. The van der Waals surface area contributed by atoms with Crippen LogP contribution in [0.25, 0.3) is 0 Å². The quantitative estimate of drug-likeness (QED) is 0.697. The fourth-order valence-electron chi connectivity index (χ4n) is 3.71. The first-order chi connectivity index (χ1) is 10.2. The van der Waals surface area contributed by atoms with Gasteiger partial charge in [0.2, 0.25) is 0 Å². The molecule has 1 saturated carbocycles. The third-order valence-corrected chi connectivity index (χ3v) is 4.99. The average Bonchev–Trinajstić information content (AvgIpc) is 2.50. The second-order valence-corrected chi connectivity index (χ2v) is 6.95. The SMILES string of the molecule is CCCNC(c1cccc(CCC)c1)C1CCC(C)CC1. The van der Waals surface area contributed by atoms with Crippen molar-refractivity contribution in [3.63, 3.8) is 0 Å². The van der Waals surface area contributed by atoms with E-state index in [2.05, 4.69) is 50.4 Å². The van der Waals surface area contributed by atoms with Gasteiger partial charge in [0.1, 0.15) is 0 Å². The Morgan fingerprint density at radius 3 is 2.52 bits per heavy atom. The van der Waals surface area contributed by atoms with Gasteiger partial charge in [-0.25, -0.2) is 0 Å². The molecule has 1 aromatic carbocycles. The second-order valence-electron chi connectivity index (χ2n) is 6.95. The van der Waals surface area contributed by atoms with Crippen molar-refractivity contribution in [2.45, 2.75) is 71.8 Å². The topological polar surface area (TPSA) is 12.0 Å². The van der Waals surface area contributed by atoms with Crippen LogP contribution < -0.4 is 5.32 Å². The summed E-state index contributed by atoms with van der Waals surface area (Å²) in [6.07, 6.45) is 9.25. The Kier molecular flexibility index (Phi) is 6.76. The monoisotopic (exact) mass is 287 g/mol. The molecule has 1 unspecified atom stereocenters. The predicted octanol–water partition coefficient (Wildman–Crippen LogP) is 5.51. The summed E-state index contributed by atoms with van der Waals surface area (Å²) < 4.78 is 0. The Bertz CT molecular complexity index is 404. The maximum Gasteiger partial charge on any atom is 0.0348 e. The zero-order valence-electron chi connectivity index (χ0n) is 14.2. The van der Waals surface area contributed by atoms with E-state index in [-0.39, 0.29) is 0 Å². The van der Waals surface area contributed by atoms with Gasteiger partial charge in [0, 0.05) is 6.04 Å². The van der Waals surface area contributed by atoms with Gasteiger partial charge in [0.15, 0.2) is 0 Å². The molecule has 0 amide bonds. The Labute approximate surface area is 131 Å². The molecule has 21 heavy (non-hydrogen) atoms. The largest absolute Gasteiger partial charge is 0.310 e. The molecular weight excluding hydrogens is 254 g/mol. The van der Waals surface area contributed by atoms with Crippen LogP contribution in [-0.2, 0) is 6.42 Å². The van der Waals surface area contributed by atoms with Crippen molar-refractivity contribution in [1.29, 1.82) is 0 Å². The van der Waals surface area contributed by atoms with E-state index in [1.54, 1.807) is 0 Å². The molecule has 1 aliphatic rings. The summed E-state index contributed by atoms with van der Waals surface area (Å²) in [5, 5.41) is 3.84. The molecule has 0 aliphatic heterocycles. The van der Waals surface area contributed by atoms with Crippen molar-refractivity contribution >= 4 is 0 Å². The maximum absolute atomic E-state index is 3.84. The first kappa shape index (κ1) is 16.5. The molecule has 1 aromatic rings. The molecule has 0 spiro atoms. The summed E-state index contributed by atoms with van der Waals surface area (Å²) in [6.45, 7) is 8.07. The fraction of sp³-hybridized carbons (Fsp3) is 0.700. The van der Waals surface area contributed by atoms with Crippen LogP contribution in [0.4, 0.5) is 0 Å². The van der Waals surface area contributed by atoms with Gasteiger partial charge in [-0.3, -0.25) is 0 Å². The average molecular weight is 287 g/mol. The molecule has 1 N–H and O–H groups in total. The van der Waals surface area contributed by atoms with Gasteiger partial charge in [0.25, 0.3) is 0 Å². The van der Waals surface area contributed by atoms with Crippen molar-refractivity contribution in [2.24, 2.45) is 11.8 Å². The number of rotatable bonds is 7. The van der Waals surface area contributed by atoms with Crippen molar-refractivity contribution < 1.29 is 0 Å². The van der Waals surface area contributed by atoms with E-state index in [1.807, 2.05) is 0 Å². The molecule has 0 saturated heterocycles. The molecule has 1 atom stereocenters. The van der Waals surface area contributed by atoms with Gasteiger partial charge in [-0.1, -0.05) is 64.3 Å². The Morgan fingerprint density at radius 1 is 1.10 bits per heavy atom. The third kappa shape index (κ3) is 4.85. The molecule has 2 rings (SSSR count). The number of aryl methyl sites for hydroxylation is 1. The van der Waals surface area contributed by atoms with E-state index >= 15 is 0 Å². The molecular formula is C20H33N. The molecule has 0 aromatic heterocycles. The van der Waals surface area contributed by atoms with Crippen LogP contribution in [0.3, 0.4) is 0 Å². The van der Waals surface area contributed by atoms with Crippen LogP contribution in [0, 0.1) is 11.8 Å². The number of benzene rings is 1. The van der Waals surface area contributed by atoms with Gasteiger partial charge in [0.05, 0.1) is 0 Å². The first-order valence-electron chi connectivity index (χ1n) is 9.06. The standard InChI is InChI=1S/C20H33N/c1-4-7-17-8-6-9-19(15-17)20(21-14-5-2)18-12-10-16(3)11-13-18/h6,8-9,15-16,18,20-21H,4-5,7,10-14H2,1-3H3. The lowest BCUT2D eigenvalue weighted by Gasteiger charge is -2.34. The highest BCUT2D eigenvalue weighted by Crippen LogP contribution is 2.37. The zero-order chi connectivity index (χ0) is 15.1. The van der Waals surface area contributed by atoms with Crippen molar-refractivity contribution in [3.05, 3.63) is 35.4 Å². The third-order valence-electron chi connectivity index (χ3n) is 4.99. The predicted molar refractivity (Wildman–Crippen MR) is 92.6 cm³/mol. The van der Waals surface area contributed by atoms with Crippen LogP contribution in [0.5, 0.6) is 0 Å². The smallest absolute Gasteiger partial charge is 0.0348 e. The molecule has 0 radical (unpaired) electrons.